The summed E-state index contributed by atoms with van der Waals surface area (Å²) >= 11 is 0. The number of fused-ring (bicyclic) bond motifs is 1. The number of piperazine rings is 1. The zero-order chi connectivity index (χ0) is 31.9. The van der Waals surface area contributed by atoms with Gasteiger partial charge in [-0.1, -0.05) is 12.1 Å². The van der Waals surface area contributed by atoms with Crippen LogP contribution < -0.4 is 14.6 Å². The van der Waals surface area contributed by atoms with Crippen molar-refractivity contribution >= 4 is 25.8 Å². The minimum absolute atomic E-state index is 0.0112. The van der Waals surface area contributed by atoms with Gasteiger partial charge in [0.1, 0.15) is 0 Å². The molecule has 3 aromatic carbocycles. The van der Waals surface area contributed by atoms with E-state index in [1.54, 1.807) is 24.3 Å². The van der Waals surface area contributed by atoms with Crippen molar-refractivity contribution in [1.82, 2.24) is 14.7 Å². The molecule has 3 aromatic rings. The Morgan fingerprint density at radius 3 is 2.09 bits per heavy atom. The van der Waals surface area contributed by atoms with Crippen LogP contribution in [0.5, 0.6) is 11.5 Å². The highest BCUT2D eigenvalue weighted by molar-refractivity contribution is 7.91. The van der Waals surface area contributed by atoms with Crippen molar-refractivity contribution in [2.45, 2.75) is 59.5 Å². The lowest BCUT2D eigenvalue weighted by molar-refractivity contribution is 0.0135. The van der Waals surface area contributed by atoms with Crippen LogP contribution in [0.3, 0.4) is 0 Å². The summed E-state index contributed by atoms with van der Waals surface area (Å²) in [4.78, 5) is 20.2. The average molecular weight is 655 g/mol. The number of primary sulfonamides is 1. The molecule has 1 amide bonds. The van der Waals surface area contributed by atoms with E-state index in [1.807, 2.05) is 17.0 Å². The van der Waals surface area contributed by atoms with Crippen molar-refractivity contribution < 1.29 is 31.1 Å². The molecule has 2 fully saturated rings. The molecule has 3 aliphatic rings. The number of sulfonamides is 1. The van der Waals surface area contributed by atoms with Crippen LogP contribution in [0.15, 0.2) is 81.4 Å². The fraction of sp³-hybridized carbons (Fsp3) is 0.406. The summed E-state index contributed by atoms with van der Waals surface area (Å²) in [7, 11) is -7.50. The van der Waals surface area contributed by atoms with Gasteiger partial charge in [-0.25, -0.2) is 22.0 Å². The topological polar surface area (TPSA) is 140 Å². The molecule has 2 N–H and O–H groups in total. The predicted octanol–water partition coefficient (Wildman–Crippen LogP) is 3.27. The predicted molar refractivity (Wildman–Crippen MR) is 167 cm³/mol. The van der Waals surface area contributed by atoms with Gasteiger partial charge < -0.3 is 14.4 Å². The third kappa shape index (κ3) is 6.45. The van der Waals surface area contributed by atoms with Gasteiger partial charge in [0.15, 0.2) is 11.5 Å². The van der Waals surface area contributed by atoms with Crippen molar-refractivity contribution in [3.05, 3.63) is 77.9 Å². The molecule has 0 spiro atoms. The Labute approximate surface area is 264 Å². The third-order valence-electron chi connectivity index (χ3n) is 9.23. The lowest BCUT2D eigenvalue weighted by Gasteiger charge is -2.47. The van der Waals surface area contributed by atoms with Crippen LogP contribution in [-0.2, 0) is 19.9 Å². The monoisotopic (exact) mass is 654 g/mol. The van der Waals surface area contributed by atoms with Gasteiger partial charge in [0.25, 0.3) is 5.91 Å². The number of amides is 1. The van der Waals surface area contributed by atoms with Gasteiger partial charge in [-0.05, 0) is 80.8 Å². The van der Waals surface area contributed by atoms with Gasteiger partial charge in [-0.15, -0.1) is 0 Å². The molecule has 0 aromatic heterocycles. The number of likely N-dealkylation sites (tertiary alicyclic amines) is 1. The summed E-state index contributed by atoms with van der Waals surface area (Å²) in [5, 5.41) is 5.17. The van der Waals surface area contributed by atoms with Gasteiger partial charge >= 0.3 is 0 Å². The average Bonchev–Trinajstić information content (AvgIpc) is 3.52. The molecule has 0 aliphatic carbocycles. The maximum absolute atomic E-state index is 13.3. The maximum Gasteiger partial charge on any atom is 0.253 e. The molecule has 0 unspecified atom stereocenters. The second kappa shape index (κ2) is 12.4. The van der Waals surface area contributed by atoms with E-state index in [1.165, 1.54) is 30.3 Å². The van der Waals surface area contributed by atoms with Crippen LogP contribution in [0.2, 0.25) is 0 Å². The first kappa shape index (κ1) is 31.5. The van der Waals surface area contributed by atoms with Crippen molar-refractivity contribution in [2.75, 3.05) is 39.5 Å². The van der Waals surface area contributed by atoms with Crippen LogP contribution in [-0.4, -0.2) is 89.0 Å². The quantitative estimate of drug-likeness (QED) is 0.407. The van der Waals surface area contributed by atoms with Crippen LogP contribution in [0.25, 0.3) is 0 Å². The summed E-state index contributed by atoms with van der Waals surface area (Å²) < 4.78 is 60.2. The molecule has 6 rings (SSSR count). The Balaban J connectivity index is 1.03. The Morgan fingerprint density at radius 1 is 0.822 bits per heavy atom. The minimum atomic E-state index is -3.80. The number of carbonyl (C=O) groups is 1. The molecule has 2 atom stereocenters. The van der Waals surface area contributed by atoms with Crippen molar-refractivity contribution in [3.8, 4) is 11.5 Å². The summed E-state index contributed by atoms with van der Waals surface area (Å²) in [6.07, 6.45) is 1.76. The van der Waals surface area contributed by atoms with Crippen LogP contribution in [0, 0.1) is 0 Å². The first-order valence-corrected chi connectivity index (χ1v) is 18.1. The molecule has 0 radical (unpaired) electrons. The molecule has 45 heavy (non-hydrogen) atoms. The van der Waals surface area contributed by atoms with E-state index < -0.39 is 19.9 Å². The second-order valence-corrected chi connectivity index (χ2v) is 15.4. The first-order chi connectivity index (χ1) is 21.4. The summed E-state index contributed by atoms with van der Waals surface area (Å²) in [6, 6.07) is 18.4. The van der Waals surface area contributed by atoms with E-state index >= 15 is 0 Å². The highest BCUT2D eigenvalue weighted by atomic mass is 32.2. The zero-order valence-electron chi connectivity index (χ0n) is 25.3. The molecule has 13 heteroatoms. The van der Waals surface area contributed by atoms with Gasteiger partial charge in [0.05, 0.1) is 14.7 Å². The molecule has 0 bridgehead atoms. The largest absolute Gasteiger partial charge is 0.454 e. The third-order valence-corrected chi connectivity index (χ3v) is 11.9. The fourth-order valence-corrected chi connectivity index (χ4v) is 8.40. The van der Waals surface area contributed by atoms with Gasteiger partial charge in [0.2, 0.25) is 26.7 Å². The van der Waals surface area contributed by atoms with E-state index in [-0.39, 0.29) is 33.4 Å². The molecule has 240 valence electrons. The number of ether oxygens (including phenoxy) is 2. The van der Waals surface area contributed by atoms with Crippen LogP contribution >= 0.6 is 0 Å². The molecule has 3 heterocycles. The highest BCUT2D eigenvalue weighted by Gasteiger charge is 2.34. The summed E-state index contributed by atoms with van der Waals surface area (Å²) in [5.74, 6) is 0.875. The number of nitrogens with zero attached hydrogens (tertiary/aromatic N) is 3. The van der Waals surface area contributed by atoms with Crippen LogP contribution in [0.1, 0.15) is 48.7 Å². The molecule has 2 saturated heterocycles. The molecular weight excluding hydrogens is 617 g/mol. The summed E-state index contributed by atoms with van der Waals surface area (Å²) in [5.41, 5.74) is 1.51. The standard InChI is InChI=1S/C32H38N4O7S2/c1-22-20-35(26-13-15-34(16-14-26)32(37)25-5-9-28(10-6-25)45(33,40)41)17-18-36(22)23(2)24-3-7-27(8-4-24)44(38,39)29-11-12-30-31(19-29)43-21-42-30/h3-12,19,22-23,26H,13-18,20-21H2,1-2H3,(H2,33,40,41)/t22-,23+/m1/s1. The Morgan fingerprint density at radius 2 is 1.44 bits per heavy atom. The number of hydrogen-bond acceptors (Lipinski definition) is 9. The Hall–Kier alpha value is -3.49. The minimum Gasteiger partial charge on any atom is -0.454 e. The number of piperidine rings is 1. The van der Waals surface area contributed by atoms with E-state index in [4.69, 9.17) is 14.6 Å². The number of carbonyl (C=O) groups excluding carboxylic acids is 1. The van der Waals surface area contributed by atoms with Gasteiger partial charge in [-0.3, -0.25) is 14.6 Å². The number of benzene rings is 3. The molecular formula is C32H38N4O7S2. The number of sulfone groups is 1. The number of rotatable bonds is 7. The van der Waals surface area contributed by atoms with E-state index in [0.717, 1.165) is 38.0 Å². The normalized spacial score (nSPS) is 20.7. The maximum atomic E-state index is 13.3. The van der Waals surface area contributed by atoms with Crippen molar-refractivity contribution in [2.24, 2.45) is 5.14 Å². The highest BCUT2D eigenvalue weighted by Crippen LogP contribution is 2.36. The van der Waals surface area contributed by atoms with E-state index in [2.05, 4.69) is 23.6 Å². The molecule has 0 saturated carbocycles. The first-order valence-electron chi connectivity index (χ1n) is 15.1. The lowest BCUT2D eigenvalue weighted by Crippen LogP contribution is -2.57. The van der Waals surface area contributed by atoms with E-state index in [0.29, 0.717) is 42.2 Å². The smallest absolute Gasteiger partial charge is 0.253 e. The van der Waals surface area contributed by atoms with Gasteiger partial charge in [-0.2, -0.15) is 0 Å². The Bertz CT molecular complexity index is 1770. The second-order valence-electron chi connectivity index (χ2n) is 11.9. The van der Waals surface area contributed by atoms with Crippen LogP contribution in [0.4, 0.5) is 0 Å². The fourth-order valence-electron chi connectivity index (χ4n) is 6.61. The van der Waals surface area contributed by atoms with E-state index in [9.17, 15) is 21.6 Å². The molecule has 11 nitrogen and oxygen atoms in total. The zero-order valence-corrected chi connectivity index (χ0v) is 27.0. The number of hydrogen-bond donors (Lipinski definition) is 1. The van der Waals surface area contributed by atoms with Gasteiger partial charge in [0, 0.05) is 62.5 Å². The molecule has 3 aliphatic heterocycles. The summed E-state index contributed by atoms with van der Waals surface area (Å²) in [6.45, 7) is 8.48. The van der Waals surface area contributed by atoms with Crippen molar-refractivity contribution in [1.29, 1.82) is 0 Å². The lowest BCUT2D eigenvalue weighted by atomic mass is 9.98. The number of nitrogens with two attached hydrogens (primary N) is 1. The Kier molecular flexibility index (Phi) is 8.65. The van der Waals surface area contributed by atoms with Crippen molar-refractivity contribution in [3.63, 3.8) is 0 Å². The SMILES string of the molecule is C[C@@H]1CN(C2CCN(C(=O)c3ccc(S(N)(=O)=O)cc3)CC2)CCN1[C@@H](C)c1ccc(S(=O)(=O)c2ccc3c(c2)OCO3)cc1.